The Morgan fingerprint density at radius 1 is 1.39 bits per heavy atom. The smallest absolute Gasteiger partial charge is 0.216 e. The van der Waals surface area contributed by atoms with Gasteiger partial charge in [-0.3, -0.25) is 4.79 Å². The molecule has 0 aromatic carbocycles. The normalized spacial score (nSPS) is 19.7. The maximum absolute atomic E-state index is 10.9. The largest absolute Gasteiger partial charge is 0.356 e. The van der Waals surface area contributed by atoms with Crippen molar-refractivity contribution in [3.8, 4) is 0 Å². The standard InChI is InChI=1S/C14H27BrN2O/c1-12(3-7-15)4-8-17-9-5-14(6-10-17)11-16-13(2)18/h12,14H,3-11H2,1-2H3,(H,16,18). The number of alkyl halides is 1. The van der Waals surface area contributed by atoms with Crippen molar-refractivity contribution in [2.24, 2.45) is 11.8 Å². The zero-order valence-electron chi connectivity index (χ0n) is 11.8. The molecule has 4 heteroatoms. The molecule has 0 saturated carbocycles. The van der Waals surface area contributed by atoms with Crippen molar-refractivity contribution in [1.29, 1.82) is 0 Å². The molecule has 1 fully saturated rings. The minimum Gasteiger partial charge on any atom is -0.356 e. The number of rotatable bonds is 7. The lowest BCUT2D eigenvalue weighted by Crippen LogP contribution is -2.38. The summed E-state index contributed by atoms with van der Waals surface area (Å²) in [5.41, 5.74) is 0. The molecule has 0 aliphatic carbocycles. The summed E-state index contributed by atoms with van der Waals surface area (Å²) >= 11 is 3.50. The molecule has 1 unspecified atom stereocenters. The van der Waals surface area contributed by atoms with E-state index in [0.29, 0.717) is 5.92 Å². The number of amides is 1. The highest BCUT2D eigenvalue weighted by Crippen LogP contribution is 2.18. The van der Waals surface area contributed by atoms with E-state index >= 15 is 0 Å². The Morgan fingerprint density at radius 2 is 2.06 bits per heavy atom. The molecule has 1 saturated heterocycles. The second kappa shape index (κ2) is 8.92. The monoisotopic (exact) mass is 318 g/mol. The zero-order chi connectivity index (χ0) is 13.4. The van der Waals surface area contributed by atoms with Gasteiger partial charge in [0.2, 0.25) is 5.91 Å². The molecule has 18 heavy (non-hydrogen) atoms. The van der Waals surface area contributed by atoms with Crippen molar-refractivity contribution < 1.29 is 4.79 Å². The van der Waals surface area contributed by atoms with Crippen molar-refractivity contribution in [2.45, 2.75) is 39.5 Å². The molecule has 1 amide bonds. The fourth-order valence-electron chi connectivity index (χ4n) is 2.44. The first kappa shape index (κ1) is 16.0. The average molecular weight is 319 g/mol. The molecule has 0 aromatic heterocycles. The summed E-state index contributed by atoms with van der Waals surface area (Å²) in [4.78, 5) is 13.4. The molecular weight excluding hydrogens is 292 g/mol. The third kappa shape index (κ3) is 6.74. The maximum atomic E-state index is 10.9. The lowest BCUT2D eigenvalue weighted by Gasteiger charge is -2.32. The highest BCUT2D eigenvalue weighted by atomic mass is 79.9. The predicted octanol–water partition coefficient (Wildman–Crippen LogP) is 2.65. The number of nitrogens with one attached hydrogen (secondary N) is 1. The van der Waals surface area contributed by atoms with Gasteiger partial charge >= 0.3 is 0 Å². The van der Waals surface area contributed by atoms with E-state index in [4.69, 9.17) is 0 Å². The third-order valence-corrected chi connectivity index (χ3v) is 4.34. The van der Waals surface area contributed by atoms with Gasteiger partial charge in [-0.2, -0.15) is 0 Å². The van der Waals surface area contributed by atoms with Crippen LogP contribution < -0.4 is 5.32 Å². The zero-order valence-corrected chi connectivity index (χ0v) is 13.3. The number of nitrogens with zero attached hydrogens (tertiary/aromatic N) is 1. The van der Waals surface area contributed by atoms with E-state index in [1.54, 1.807) is 6.92 Å². The summed E-state index contributed by atoms with van der Waals surface area (Å²) in [6, 6.07) is 0. The van der Waals surface area contributed by atoms with Crippen LogP contribution in [0.5, 0.6) is 0 Å². The molecule has 0 aromatic rings. The van der Waals surface area contributed by atoms with Crippen LogP contribution in [-0.4, -0.2) is 42.3 Å². The Bertz CT molecular complexity index is 240. The number of likely N-dealkylation sites (tertiary alicyclic amines) is 1. The number of hydrogen-bond acceptors (Lipinski definition) is 2. The van der Waals surface area contributed by atoms with Crippen molar-refractivity contribution >= 4 is 21.8 Å². The van der Waals surface area contributed by atoms with Crippen molar-refractivity contribution in [1.82, 2.24) is 10.2 Å². The summed E-state index contributed by atoms with van der Waals surface area (Å²) in [6.45, 7) is 8.44. The lowest BCUT2D eigenvalue weighted by atomic mass is 9.96. The van der Waals surface area contributed by atoms with E-state index in [2.05, 4.69) is 33.1 Å². The molecular formula is C14H27BrN2O. The Hall–Kier alpha value is -0.0900. The molecule has 0 bridgehead atoms. The topological polar surface area (TPSA) is 32.3 Å². The van der Waals surface area contributed by atoms with Crippen LogP contribution >= 0.6 is 15.9 Å². The number of hydrogen-bond donors (Lipinski definition) is 1. The summed E-state index contributed by atoms with van der Waals surface area (Å²) in [5, 5.41) is 4.05. The van der Waals surface area contributed by atoms with E-state index in [0.717, 1.165) is 17.8 Å². The van der Waals surface area contributed by atoms with Gasteiger partial charge in [-0.05, 0) is 57.2 Å². The van der Waals surface area contributed by atoms with Crippen LogP contribution in [0.2, 0.25) is 0 Å². The summed E-state index contributed by atoms with van der Waals surface area (Å²) in [7, 11) is 0. The van der Waals surface area contributed by atoms with Crippen LogP contribution in [0.25, 0.3) is 0 Å². The van der Waals surface area contributed by atoms with Crippen LogP contribution in [0.4, 0.5) is 0 Å². The van der Waals surface area contributed by atoms with Crippen LogP contribution in [-0.2, 0) is 4.79 Å². The van der Waals surface area contributed by atoms with Crippen molar-refractivity contribution in [3.63, 3.8) is 0 Å². The molecule has 1 aliphatic heterocycles. The molecule has 106 valence electrons. The number of carbonyl (C=O) groups is 1. The van der Waals surface area contributed by atoms with E-state index < -0.39 is 0 Å². The maximum Gasteiger partial charge on any atom is 0.216 e. The SMILES string of the molecule is CC(=O)NCC1CCN(CCC(C)CCBr)CC1. The summed E-state index contributed by atoms with van der Waals surface area (Å²) in [5.74, 6) is 1.60. The van der Waals surface area contributed by atoms with Gasteiger partial charge in [0.1, 0.15) is 0 Å². The predicted molar refractivity (Wildman–Crippen MR) is 80.0 cm³/mol. The molecule has 1 atom stereocenters. The van der Waals surface area contributed by atoms with Gasteiger partial charge in [-0.15, -0.1) is 0 Å². The quantitative estimate of drug-likeness (QED) is 0.732. The van der Waals surface area contributed by atoms with Crippen LogP contribution in [0.3, 0.4) is 0 Å². The molecule has 0 spiro atoms. The molecule has 1 N–H and O–H groups in total. The minimum absolute atomic E-state index is 0.0982. The Kier molecular flexibility index (Phi) is 7.91. The molecule has 1 aliphatic rings. The fourth-order valence-corrected chi connectivity index (χ4v) is 3.22. The Labute approximate surface area is 120 Å². The number of carbonyl (C=O) groups excluding carboxylic acids is 1. The second-order valence-electron chi connectivity index (χ2n) is 5.59. The summed E-state index contributed by atoms with van der Waals surface area (Å²) < 4.78 is 0. The lowest BCUT2D eigenvalue weighted by molar-refractivity contribution is -0.119. The average Bonchev–Trinajstić information content (AvgIpc) is 2.35. The van der Waals surface area contributed by atoms with Crippen LogP contribution in [0.15, 0.2) is 0 Å². The van der Waals surface area contributed by atoms with Crippen molar-refractivity contribution in [2.75, 3.05) is 31.5 Å². The molecule has 3 nitrogen and oxygen atoms in total. The van der Waals surface area contributed by atoms with Crippen molar-refractivity contribution in [3.05, 3.63) is 0 Å². The van der Waals surface area contributed by atoms with Crippen LogP contribution in [0, 0.1) is 11.8 Å². The summed E-state index contributed by atoms with van der Waals surface area (Å²) in [6.07, 6.45) is 5.04. The van der Waals surface area contributed by atoms with Gasteiger partial charge in [0.05, 0.1) is 0 Å². The van der Waals surface area contributed by atoms with Gasteiger partial charge in [0.15, 0.2) is 0 Å². The highest BCUT2D eigenvalue weighted by Gasteiger charge is 2.19. The van der Waals surface area contributed by atoms with Gasteiger partial charge in [-0.1, -0.05) is 22.9 Å². The van der Waals surface area contributed by atoms with E-state index in [1.807, 2.05) is 0 Å². The molecule has 1 rings (SSSR count). The van der Waals surface area contributed by atoms with Gasteiger partial charge in [-0.25, -0.2) is 0 Å². The van der Waals surface area contributed by atoms with E-state index in [1.165, 1.54) is 45.3 Å². The first-order valence-electron chi connectivity index (χ1n) is 7.14. The first-order chi connectivity index (χ1) is 8.61. The third-order valence-electron chi connectivity index (χ3n) is 3.89. The highest BCUT2D eigenvalue weighted by molar-refractivity contribution is 9.09. The van der Waals surface area contributed by atoms with E-state index in [-0.39, 0.29) is 5.91 Å². The number of halogens is 1. The Balaban J connectivity index is 2.09. The molecule has 1 heterocycles. The second-order valence-corrected chi connectivity index (χ2v) is 6.39. The van der Waals surface area contributed by atoms with Gasteiger partial charge in [0.25, 0.3) is 0 Å². The van der Waals surface area contributed by atoms with E-state index in [9.17, 15) is 4.79 Å². The van der Waals surface area contributed by atoms with Gasteiger partial charge in [0, 0.05) is 18.8 Å². The van der Waals surface area contributed by atoms with Crippen LogP contribution in [0.1, 0.15) is 39.5 Å². The minimum atomic E-state index is 0.0982. The first-order valence-corrected chi connectivity index (χ1v) is 8.26. The Morgan fingerprint density at radius 3 is 2.61 bits per heavy atom. The molecule has 0 radical (unpaired) electrons. The van der Waals surface area contributed by atoms with Gasteiger partial charge < -0.3 is 10.2 Å². The fraction of sp³-hybridized carbons (Fsp3) is 0.929. The number of piperidine rings is 1.